The van der Waals surface area contributed by atoms with Crippen LogP contribution < -0.4 is 21.8 Å². The first kappa shape index (κ1) is 53.1. The third kappa shape index (κ3) is 10.7. The number of fused-ring (bicyclic) bond motifs is 5. The van der Waals surface area contributed by atoms with E-state index in [1.54, 1.807) is 10.4 Å². The first-order valence-electron chi connectivity index (χ1n) is 27.6. The van der Waals surface area contributed by atoms with Crippen molar-refractivity contribution < 1.29 is 0 Å². The summed E-state index contributed by atoms with van der Waals surface area (Å²) >= 11 is 14.0. The fourth-order valence-electron chi connectivity index (χ4n) is 11.4. The highest BCUT2D eigenvalue weighted by molar-refractivity contribution is 7.32. The Labute approximate surface area is 477 Å². The maximum atomic E-state index is 7.21. The number of benzene rings is 2. The molecule has 2 aromatic carbocycles. The lowest BCUT2D eigenvalue weighted by Crippen LogP contribution is -2.54. The highest BCUT2D eigenvalue weighted by Crippen LogP contribution is 2.52. The van der Waals surface area contributed by atoms with E-state index < -0.39 is 8.07 Å². The molecule has 0 spiro atoms. The zero-order valence-corrected chi connectivity index (χ0v) is 51.3. The quantitative estimate of drug-likeness (QED) is 0.0318. The molecule has 0 amide bonds. The predicted octanol–water partition coefficient (Wildman–Crippen LogP) is 20.2. The molecule has 0 bridgehead atoms. The lowest BCUT2D eigenvalue weighted by Gasteiger charge is -2.29. The number of anilines is 2. The Balaban J connectivity index is 0.952. The molecule has 1 aliphatic heterocycles. The number of rotatable bonds is 26. The van der Waals surface area contributed by atoms with E-state index in [9.17, 15) is 0 Å². The number of hydrogen-bond acceptors (Lipinski definition) is 14. The minimum Gasteiger partial charge on any atom is -0.398 e. The third-order valence-corrected chi connectivity index (χ3v) is 29.4. The van der Waals surface area contributed by atoms with E-state index in [4.69, 9.17) is 29.0 Å². The molecule has 11 rings (SSSR count). The molecule has 8 aromatic heterocycles. The molecule has 390 valence electrons. The maximum absolute atomic E-state index is 7.21. The predicted molar refractivity (Wildman–Crippen MR) is 341 cm³/mol. The number of nitrogen functional groups attached to an aromatic ring is 2. The van der Waals surface area contributed by atoms with Crippen LogP contribution in [0, 0.1) is 0 Å². The van der Waals surface area contributed by atoms with Crippen LogP contribution >= 0.6 is 91.5 Å². The normalized spacial score (nSPS) is 13.0. The second-order valence-electron chi connectivity index (χ2n) is 20.6. The van der Waals surface area contributed by atoms with Crippen molar-refractivity contribution in [3.05, 3.63) is 82.6 Å². The molecule has 0 radical (unpaired) electrons. The summed E-state index contributed by atoms with van der Waals surface area (Å²) in [6.07, 6.45) is 22.7. The van der Waals surface area contributed by atoms with Crippen molar-refractivity contribution in [2.45, 2.75) is 155 Å². The van der Waals surface area contributed by atoms with Crippen LogP contribution in [-0.4, -0.2) is 25.6 Å². The van der Waals surface area contributed by atoms with Gasteiger partial charge in [0.05, 0.1) is 23.5 Å². The number of nitrogens with zero attached hydrogens (tertiary/aromatic N) is 4. The van der Waals surface area contributed by atoms with Crippen LogP contribution in [0.5, 0.6) is 0 Å². The van der Waals surface area contributed by atoms with Crippen LogP contribution in [0.2, 0.25) is 12.1 Å². The van der Waals surface area contributed by atoms with Crippen LogP contribution in [0.1, 0.15) is 140 Å². The summed E-state index contributed by atoms with van der Waals surface area (Å²) in [6.45, 7) is 9.21. The molecule has 0 fully saturated rings. The second kappa shape index (κ2) is 24.0. The topological polar surface area (TPSA) is 104 Å². The van der Waals surface area contributed by atoms with Crippen molar-refractivity contribution in [1.29, 1.82) is 0 Å². The average molecular weight is 1160 g/mol. The third-order valence-electron chi connectivity index (χ3n) is 15.4. The molecule has 15 heteroatoms. The first-order valence-corrected chi connectivity index (χ1v) is 36.4. The zero-order valence-electron chi connectivity index (χ0n) is 43.8. The van der Waals surface area contributed by atoms with E-state index in [1.807, 2.05) is 68.0 Å². The number of nitrogens with two attached hydrogens (primary N) is 2. The van der Waals surface area contributed by atoms with Gasteiger partial charge in [-0.3, -0.25) is 0 Å². The molecule has 6 nitrogen and oxygen atoms in total. The summed E-state index contributed by atoms with van der Waals surface area (Å²) < 4.78 is 20.1. The van der Waals surface area contributed by atoms with Crippen LogP contribution in [0.3, 0.4) is 0 Å². The SMILES string of the molecule is CCCCCCc1ccc(-c2ccc(-c3c(N)cc(-c4cc5c(s4)-c4sc(-c6cc(N)c(-c7ccc(-c8ccc(CCCCCC)s8)s7)c7nsnc67)cc4[Si]5(CCCCCC)CCCCCC)c4nsnc34)s2)s1. The molecule has 0 aliphatic carbocycles. The maximum Gasteiger partial charge on any atom is 0.122 e. The molecule has 9 heterocycles. The molecular weight excluding hydrogens is 1090 g/mol. The van der Waals surface area contributed by atoms with Gasteiger partial charge in [-0.05, 0) is 121 Å². The highest BCUT2D eigenvalue weighted by atomic mass is 32.1. The lowest BCUT2D eigenvalue weighted by atomic mass is 10.0. The number of thiophene rings is 6. The van der Waals surface area contributed by atoms with Gasteiger partial charge in [0, 0.05) is 92.2 Å². The Kier molecular flexibility index (Phi) is 17.0. The van der Waals surface area contributed by atoms with E-state index in [0.29, 0.717) is 0 Å². The van der Waals surface area contributed by atoms with E-state index in [2.05, 4.69) is 100 Å². The minimum atomic E-state index is -2.24. The summed E-state index contributed by atoms with van der Waals surface area (Å²) in [5, 5.41) is 3.26. The van der Waals surface area contributed by atoms with Crippen molar-refractivity contribution in [1.82, 2.24) is 17.5 Å². The van der Waals surface area contributed by atoms with Gasteiger partial charge < -0.3 is 11.5 Å². The van der Waals surface area contributed by atoms with Gasteiger partial charge in [-0.15, -0.1) is 68.0 Å². The van der Waals surface area contributed by atoms with Gasteiger partial charge in [0.25, 0.3) is 0 Å². The molecule has 1 aliphatic rings. The molecule has 4 N–H and O–H groups in total. The van der Waals surface area contributed by atoms with E-state index >= 15 is 0 Å². The number of hydrogen-bond donors (Lipinski definition) is 2. The lowest BCUT2D eigenvalue weighted by molar-refractivity contribution is 0.670. The Morgan fingerprint density at radius 2 is 0.747 bits per heavy atom. The molecular formula is C60H68N6S8Si. The fraction of sp³-hybridized carbons (Fsp3) is 0.400. The van der Waals surface area contributed by atoms with Crippen LogP contribution in [0.15, 0.2) is 72.8 Å². The molecule has 0 atom stereocenters. The first-order chi connectivity index (χ1) is 36.8. The Bertz CT molecular complexity index is 3310. The average Bonchev–Trinajstić information content (AvgIpc) is 4.33. The Hall–Kier alpha value is -3.90. The Morgan fingerprint density at radius 3 is 1.17 bits per heavy atom. The summed E-state index contributed by atoms with van der Waals surface area (Å²) in [4.78, 5) is 15.9. The molecule has 10 aromatic rings. The summed E-state index contributed by atoms with van der Waals surface area (Å²) in [7, 11) is -2.24. The number of aromatic nitrogens is 4. The summed E-state index contributed by atoms with van der Waals surface area (Å²) in [6, 6.07) is 30.4. The summed E-state index contributed by atoms with van der Waals surface area (Å²) in [5.74, 6) is 0. The number of unbranched alkanes of at least 4 members (excludes halogenated alkanes) is 12. The highest BCUT2D eigenvalue weighted by Gasteiger charge is 2.48. The molecule has 0 saturated heterocycles. The number of aryl methyl sites for hydroxylation is 2. The van der Waals surface area contributed by atoms with E-state index in [1.165, 1.54) is 187 Å². The molecule has 0 saturated carbocycles. The summed E-state index contributed by atoms with van der Waals surface area (Å²) in [5.41, 5.74) is 24.0. The van der Waals surface area contributed by atoms with Crippen molar-refractivity contribution in [2.24, 2.45) is 0 Å². The van der Waals surface area contributed by atoms with E-state index in [-0.39, 0.29) is 0 Å². The molecule has 0 unspecified atom stereocenters. The van der Waals surface area contributed by atoms with Gasteiger partial charge >= 0.3 is 0 Å². The van der Waals surface area contributed by atoms with Crippen LogP contribution in [0.4, 0.5) is 11.4 Å². The fourth-order valence-corrected chi connectivity index (χ4v) is 26.4. The van der Waals surface area contributed by atoms with Crippen molar-refractivity contribution >= 4 is 143 Å². The van der Waals surface area contributed by atoms with Crippen LogP contribution in [-0.2, 0) is 12.8 Å². The Morgan fingerprint density at radius 1 is 0.373 bits per heavy atom. The van der Waals surface area contributed by atoms with E-state index in [0.717, 1.165) is 78.3 Å². The zero-order chi connectivity index (χ0) is 51.5. The second-order valence-corrected chi connectivity index (χ2v) is 32.5. The molecule has 75 heavy (non-hydrogen) atoms. The van der Waals surface area contributed by atoms with Crippen molar-refractivity contribution in [2.75, 3.05) is 11.5 Å². The van der Waals surface area contributed by atoms with Crippen molar-refractivity contribution in [3.63, 3.8) is 0 Å². The van der Waals surface area contributed by atoms with Crippen LogP contribution in [0.25, 0.3) is 93.1 Å². The van der Waals surface area contributed by atoms with Gasteiger partial charge in [-0.2, -0.15) is 17.5 Å². The van der Waals surface area contributed by atoms with Gasteiger partial charge in [0.1, 0.15) is 30.1 Å². The van der Waals surface area contributed by atoms with Gasteiger partial charge in [-0.25, -0.2) is 0 Å². The van der Waals surface area contributed by atoms with Gasteiger partial charge in [0.2, 0.25) is 0 Å². The largest absolute Gasteiger partial charge is 0.398 e. The monoisotopic (exact) mass is 1160 g/mol. The smallest absolute Gasteiger partial charge is 0.122 e. The standard InChI is InChI=1S/C60H68N6S8Si/c1-5-9-13-17-21-37-23-25-43(67-37)45-27-29-47(69-45)53-41(61)33-39(55-57(53)65-73-63-55)49-35-51-59(71-49)60-52(75(51,31-19-15-11-7-3)32-20-16-12-8-4)36-50(72-60)40-34-42(62)54(58-56(40)64-74-66-58)48-30-28-46(70-48)44-26-24-38(68-44)22-18-14-10-6-2/h23-30,33-36H,5-22,31-32,61-62H2,1-4H3. The van der Waals surface area contributed by atoms with Gasteiger partial charge in [-0.1, -0.05) is 118 Å². The minimum absolute atomic E-state index is 0.770. The van der Waals surface area contributed by atoms with Crippen molar-refractivity contribution in [3.8, 4) is 71.0 Å². The van der Waals surface area contributed by atoms with Gasteiger partial charge in [0.15, 0.2) is 0 Å².